The lowest BCUT2D eigenvalue weighted by molar-refractivity contribution is -0.00537. The molecule has 2 fully saturated rings. The van der Waals surface area contributed by atoms with Crippen molar-refractivity contribution in [2.75, 3.05) is 18.0 Å². The Bertz CT molecular complexity index is 1500. The number of nitrogens with zero attached hydrogens (tertiary/aromatic N) is 4. The van der Waals surface area contributed by atoms with E-state index in [1.54, 1.807) is 23.0 Å². The topological polar surface area (TPSA) is 127 Å². The van der Waals surface area contributed by atoms with Crippen LogP contribution < -0.4 is 15.8 Å². The third kappa shape index (κ3) is 6.25. The van der Waals surface area contributed by atoms with E-state index in [1.165, 1.54) is 12.5 Å². The zero-order valence-electron chi connectivity index (χ0n) is 23.1. The molecule has 1 aliphatic heterocycles. The number of hydrogen-bond acceptors (Lipinski definition) is 8. The molecular weight excluding hydrogens is 500 g/mol. The van der Waals surface area contributed by atoms with Gasteiger partial charge in [0.1, 0.15) is 22.7 Å². The van der Waals surface area contributed by atoms with Gasteiger partial charge in [-0.05, 0) is 72.1 Å². The summed E-state index contributed by atoms with van der Waals surface area (Å²) < 4.78 is 18.6. The molecule has 6 rings (SSSR count). The van der Waals surface area contributed by atoms with E-state index in [9.17, 15) is 9.59 Å². The summed E-state index contributed by atoms with van der Waals surface area (Å²) in [6.07, 6.45) is 6.86. The molecule has 1 aliphatic carbocycles. The number of aromatic amines is 1. The van der Waals surface area contributed by atoms with Gasteiger partial charge in [-0.25, -0.2) is 19.3 Å². The minimum absolute atomic E-state index is 0.140. The summed E-state index contributed by atoms with van der Waals surface area (Å²) in [5.74, 6) is 1.51. The van der Waals surface area contributed by atoms with Gasteiger partial charge in [-0.15, -0.1) is 0 Å². The Labute approximate surface area is 226 Å². The van der Waals surface area contributed by atoms with Gasteiger partial charge in [0.25, 0.3) is 5.56 Å². The third-order valence-corrected chi connectivity index (χ3v) is 6.62. The highest BCUT2D eigenvalue weighted by Crippen LogP contribution is 2.33. The van der Waals surface area contributed by atoms with Crippen LogP contribution in [0.3, 0.4) is 0 Å². The normalized spacial score (nSPS) is 19.9. The molecule has 4 aromatic rings. The Morgan fingerprint density at radius 3 is 2.54 bits per heavy atom. The lowest BCUT2D eigenvalue weighted by Gasteiger charge is -2.36. The van der Waals surface area contributed by atoms with Crippen molar-refractivity contribution >= 4 is 28.5 Å². The highest BCUT2D eigenvalue weighted by Gasteiger charge is 2.26. The molecule has 2 atom stereocenters. The number of morpholine rings is 1. The summed E-state index contributed by atoms with van der Waals surface area (Å²) in [4.78, 5) is 34.0. The summed E-state index contributed by atoms with van der Waals surface area (Å²) in [6.45, 7) is 11.3. The molecule has 1 saturated heterocycles. The fourth-order valence-electron chi connectivity index (χ4n) is 4.78. The summed E-state index contributed by atoms with van der Waals surface area (Å²) in [7, 11) is 0. The molecule has 0 bridgehead atoms. The van der Waals surface area contributed by atoms with Crippen molar-refractivity contribution in [3.05, 3.63) is 47.0 Å². The van der Waals surface area contributed by atoms with E-state index in [-0.39, 0.29) is 29.5 Å². The second-order valence-corrected chi connectivity index (χ2v) is 11.2. The van der Waals surface area contributed by atoms with Gasteiger partial charge >= 0.3 is 6.09 Å². The maximum Gasteiger partial charge on any atom is 0.407 e. The number of nitrogens with one attached hydrogen (secondary N) is 2. The van der Waals surface area contributed by atoms with Crippen LogP contribution in [0.4, 0.5) is 10.6 Å². The number of aromatic nitrogens is 4. The lowest BCUT2D eigenvalue weighted by Crippen LogP contribution is -2.45. The maximum atomic E-state index is 11.7. The Hall–Kier alpha value is -3.86. The summed E-state index contributed by atoms with van der Waals surface area (Å²) in [5.41, 5.74) is 1.51. The minimum Gasteiger partial charge on any atom is -0.454 e. The molecule has 39 heavy (non-hydrogen) atoms. The Kier molecular flexibility index (Phi) is 7.35. The number of furan rings is 1. The van der Waals surface area contributed by atoms with Crippen LogP contribution in [0, 0.1) is 0 Å². The molecule has 0 spiro atoms. The van der Waals surface area contributed by atoms with Gasteiger partial charge in [0.05, 0.1) is 23.8 Å². The van der Waals surface area contributed by atoms with Crippen molar-refractivity contribution in [3.63, 3.8) is 0 Å². The number of carbonyl (C=O) groups is 1. The van der Waals surface area contributed by atoms with Crippen molar-refractivity contribution in [1.82, 2.24) is 24.9 Å². The first-order chi connectivity index (χ1) is 18.6. The van der Waals surface area contributed by atoms with Gasteiger partial charge in [-0.3, -0.25) is 9.89 Å². The Balaban J connectivity index is 0.000000217. The quantitative estimate of drug-likeness (QED) is 0.392. The van der Waals surface area contributed by atoms with Gasteiger partial charge in [0.2, 0.25) is 0 Å². The molecule has 0 radical (unpaired) electrons. The van der Waals surface area contributed by atoms with E-state index in [0.717, 1.165) is 42.7 Å². The highest BCUT2D eigenvalue weighted by atomic mass is 16.6. The molecule has 4 aromatic heterocycles. The number of anilines is 1. The lowest BCUT2D eigenvalue weighted by atomic mass is 9.93. The number of hydrogen-bond donors (Lipinski definition) is 2. The van der Waals surface area contributed by atoms with Crippen LogP contribution in [0.25, 0.3) is 28.1 Å². The SMILES string of the molecule is CC(C)(C)OC(=O)NC1CCC1.CC1CN(c2nccc3oc(-c4cnc5ccc(=O)[nH]n45)cc23)CC(C)O1. The zero-order valence-corrected chi connectivity index (χ0v) is 23.1. The van der Waals surface area contributed by atoms with Gasteiger partial charge in [-0.2, -0.15) is 0 Å². The van der Waals surface area contributed by atoms with Gasteiger partial charge in [0.15, 0.2) is 11.4 Å². The number of amides is 1. The number of carbonyl (C=O) groups excluding carboxylic acids is 1. The van der Waals surface area contributed by atoms with Crippen molar-refractivity contribution in [1.29, 1.82) is 0 Å². The number of rotatable bonds is 3. The van der Waals surface area contributed by atoms with Crippen molar-refractivity contribution < 1.29 is 18.7 Å². The average molecular weight is 537 g/mol. The predicted octanol–water partition coefficient (Wildman–Crippen LogP) is 4.51. The molecule has 1 amide bonds. The van der Waals surface area contributed by atoms with Crippen LogP contribution in [-0.2, 0) is 9.47 Å². The van der Waals surface area contributed by atoms with Gasteiger partial charge in [0, 0.05) is 31.4 Å². The number of H-pyrrole nitrogens is 1. The summed E-state index contributed by atoms with van der Waals surface area (Å²) in [5, 5.41) is 6.51. The van der Waals surface area contributed by atoms with E-state index in [1.807, 2.05) is 32.9 Å². The van der Waals surface area contributed by atoms with Crippen LogP contribution in [0.15, 0.2) is 45.9 Å². The van der Waals surface area contributed by atoms with E-state index >= 15 is 0 Å². The van der Waals surface area contributed by atoms with E-state index in [0.29, 0.717) is 23.1 Å². The van der Waals surface area contributed by atoms with E-state index in [4.69, 9.17) is 13.9 Å². The predicted molar refractivity (Wildman–Crippen MR) is 148 cm³/mol. The number of pyridine rings is 1. The minimum atomic E-state index is -0.381. The fourth-order valence-corrected chi connectivity index (χ4v) is 4.78. The first-order valence-corrected chi connectivity index (χ1v) is 13.4. The number of alkyl carbamates (subject to hydrolysis) is 1. The molecule has 208 valence electrons. The molecule has 1 saturated carbocycles. The van der Waals surface area contributed by atoms with Crippen LogP contribution in [-0.4, -0.2) is 62.6 Å². The number of fused-ring (bicyclic) bond motifs is 2. The van der Waals surface area contributed by atoms with E-state index in [2.05, 4.69) is 39.1 Å². The highest BCUT2D eigenvalue weighted by molar-refractivity contribution is 5.92. The Morgan fingerprint density at radius 2 is 1.87 bits per heavy atom. The first-order valence-electron chi connectivity index (χ1n) is 13.4. The maximum absolute atomic E-state index is 11.7. The molecule has 2 N–H and O–H groups in total. The van der Waals surface area contributed by atoms with Crippen LogP contribution in [0.1, 0.15) is 53.9 Å². The van der Waals surface area contributed by atoms with Crippen LogP contribution in [0.5, 0.6) is 0 Å². The molecule has 0 aromatic carbocycles. The average Bonchev–Trinajstić information content (AvgIpc) is 3.43. The zero-order chi connectivity index (χ0) is 27.7. The van der Waals surface area contributed by atoms with Crippen molar-refractivity contribution in [2.24, 2.45) is 0 Å². The van der Waals surface area contributed by atoms with Gasteiger partial charge < -0.3 is 24.1 Å². The van der Waals surface area contributed by atoms with E-state index < -0.39 is 0 Å². The second kappa shape index (κ2) is 10.7. The second-order valence-electron chi connectivity index (χ2n) is 11.2. The molecule has 11 heteroatoms. The monoisotopic (exact) mass is 536 g/mol. The third-order valence-electron chi connectivity index (χ3n) is 6.62. The summed E-state index contributed by atoms with van der Waals surface area (Å²) in [6, 6.07) is 7.29. The number of imidazole rings is 1. The first kappa shape index (κ1) is 26.7. The molecule has 11 nitrogen and oxygen atoms in total. The van der Waals surface area contributed by atoms with Gasteiger partial charge in [-0.1, -0.05) is 0 Å². The Morgan fingerprint density at radius 1 is 1.13 bits per heavy atom. The van der Waals surface area contributed by atoms with Crippen LogP contribution in [0.2, 0.25) is 0 Å². The summed E-state index contributed by atoms with van der Waals surface area (Å²) >= 11 is 0. The van der Waals surface area contributed by atoms with Crippen LogP contribution >= 0.6 is 0 Å². The van der Waals surface area contributed by atoms with Crippen molar-refractivity contribution in [2.45, 2.75) is 77.7 Å². The van der Waals surface area contributed by atoms with Crippen molar-refractivity contribution in [3.8, 4) is 11.5 Å². The smallest absolute Gasteiger partial charge is 0.407 e. The largest absolute Gasteiger partial charge is 0.454 e. The standard InChI is InChI=1S/C19H19N5O3.C9H17NO2/c1-11-9-23(10-12(2)26-11)19-13-7-16(27-15(13)5-6-20-19)14-8-21-17-3-4-18(25)22-24(14)17;1-9(2,3)12-8(11)10-7-5-4-6-7/h3-8,11-12H,9-10H2,1-2H3,(H,22,25);7H,4-6H2,1-3H3,(H,10,11). The number of ether oxygens (including phenoxy) is 2. The molecule has 5 heterocycles. The molecular formula is C28H36N6O5. The molecule has 2 unspecified atom stereocenters. The fraction of sp³-hybridized carbons (Fsp3) is 0.500. The molecule has 2 aliphatic rings.